The predicted molar refractivity (Wildman–Crippen MR) is 121 cm³/mol. The third-order valence-electron chi connectivity index (χ3n) is 4.71. The van der Waals surface area contributed by atoms with Crippen molar-refractivity contribution in [3.8, 4) is 0 Å². The maximum Gasteiger partial charge on any atom is 0.243 e. The Hall–Kier alpha value is -2.55. The molecule has 1 rings (SSSR count). The van der Waals surface area contributed by atoms with Crippen LogP contribution in [0.15, 0.2) is 30.3 Å². The zero-order chi connectivity index (χ0) is 23.4. The molecule has 3 amide bonds. The Kier molecular flexibility index (Phi) is 11.7. The first-order chi connectivity index (χ1) is 14.6. The van der Waals surface area contributed by atoms with Crippen LogP contribution in [-0.2, 0) is 36.4 Å². The fraction of sp³-hybridized carbons (Fsp3) is 0.545. The zero-order valence-corrected chi connectivity index (χ0v) is 19.4. The van der Waals surface area contributed by atoms with E-state index in [9.17, 15) is 23.4 Å². The molecule has 0 saturated heterocycles. The molecule has 0 spiro atoms. The summed E-state index contributed by atoms with van der Waals surface area (Å²) in [6.45, 7) is 5.25. The van der Waals surface area contributed by atoms with Crippen LogP contribution < -0.4 is 16.0 Å². The second kappa shape index (κ2) is 13.7. The van der Waals surface area contributed by atoms with Crippen LogP contribution in [0, 0.1) is 5.92 Å². The van der Waals surface area contributed by atoms with Gasteiger partial charge in [0.05, 0.1) is 6.04 Å². The number of rotatable bonds is 14. The third-order valence-corrected chi connectivity index (χ3v) is 5.52. The van der Waals surface area contributed by atoms with Gasteiger partial charge in [0.1, 0.15) is 12.1 Å². The largest absolute Gasteiger partial charge is 0.347 e. The molecule has 1 aromatic carbocycles. The molecule has 4 atom stereocenters. The maximum atomic E-state index is 12.9. The summed E-state index contributed by atoms with van der Waals surface area (Å²) in [5.41, 5.74) is 0.912. The minimum Gasteiger partial charge on any atom is -0.347 e. The Morgan fingerprint density at radius 2 is 1.58 bits per heavy atom. The molecular formula is C22H33N3O5S. The van der Waals surface area contributed by atoms with Crippen molar-refractivity contribution in [2.75, 3.05) is 12.0 Å². The molecule has 0 aliphatic carbocycles. The van der Waals surface area contributed by atoms with Gasteiger partial charge >= 0.3 is 0 Å². The summed E-state index contributed by atoms with van der Waals surface area (Å²) in [4.78, 5) is 48.6. The van der Waals surface area contributed by atoms with E-state index in [1.807, 2.05) is 44.2 Å². The number of amides is 3. The molecule has 8 nitrogen and oxygen atoms in total. The van der Waals surface area contributed by atoms with Crippen molar-refractivity contribution >= 4 is 34.8 Å². The van der Waals surface area contributed by atoms with Crippen LogP contribution in [-0.4, -0.2) is 58.4 Å². The Morgan fingerprint density at radius 1 is 1.00 bits per heavy atom. The monoisotopic (exact) mass is 451 g/mol. The minimum atomic E-state index is -1.12. The van der Waals surface area contributed by atoms with Crippen molar-refractivity contribution in [1.82, 2.24) is 16.0 Å². The fourth-order valence-corrected chi connectivity index (χ4v) is 3.62. The summed E-state index contributed by atoms with van der Waals surface area (Å²) in [6, 6.07) is 6.87. The molecule has 0 fully saturated rings. The van der Waals surface area contributed by atoms with Gasteiger partial charge in [0, 0.05) is 22.8 Å². The first kappa shape index (κ1) is 26.5. The molecule has 0 aromatic heterocycles. The first-order valence-corrected chi connectivity index (χ1v) is 12.0. The van der Waals surface area contributed by atoms with Gasteiger partial charge in [-0.3, -0.25) is 23.4 Å². The van der Waals surface area contributed by atoms with E-state index in [1.54, 1.807) is 0 Å². The normalized spacial score (nSPS) is 14.7. The Balaban J connectivity index is 2.90. The van der Waals surface area contributed by atoms with Gasteiger partial charge in [0.25, 0.3) is 0 Å². The molecular weight excluding hydrogens is 418 g/mol. The highest BCUT2D eigenvalue weighted by Crippen LogP contribution is 2.09. The van der Waals surface area contributed by atoms with Gasteiger partial charge in [-0.05, 0) is 37.7 Å². The molecule has 0 saturated carbocycles. The van der Waals surface area contributed by atoms with Gasteiger partial charge < -0.3 is 16.0 Å². The van der Waals surface area contributed by atoms with Crippen LogP contribution in [0.3, 0.4) is 0 Å². The highest BCUT2D eigenvalue weighted by Gasteiger charge is 2.28. The van der Waals surface area contributed by atoms with Crippen LogP contribution in [0.2, 0.25) is 0 Å². The summed E-state index contributed by atoms with van der Waals surface area (Å²) in [6.07, 6.45) is 2.82. The number of hydrogen-bond acceptors (Lipinski definition) is 5. The smallest absolute Gasteiger partial charge is 0.243 e. The summed E-state index contributed by atoms with van der Waals surface area (Å²) in [5.74, 6) is -0.828. The molecule has 9 heteroatoms. The average molecular weight is 452 g/mol. The molecule has 4 unspecified atom stereocenters. The van der Waals surface area contributed by atoms with Crippen LogP contribution in [0.4, 0.5) is 0 Å². The lowest BCUT2D eigenvalue weighted by molar-refractivity contribution is -0.132. The zero-order valence-electron chi connectivity index (χ0n) is 18.6. The average Bonchev–Trinajstić information content (AvgIpc) is 2.70. The summed E-state index contributed by atoms with van der Waals surface area (Å²) in [5, 5.41) is 7.85. The number of Topliss-reactive ketones (excluding diaryl/α,β-unsaturated/α-hetero) is 1. The first-order valence-electron chi connectivity index (χ1n) is 10.3. The highest BCUT2D eigenvalue weighted by atomic mass is 32.2. The standard InChI is InChI=1S/C22H33N3O5S/c1-15(2)12-20(25-21(28)18(23-14-26)10-11-31(4)30)22(29)24-19(16(3)27)13-17-8-6-5-7-9-17/h5-9,14-15,18-20H,10-13H2,1-4H3,(H,23,26)(H,24,29)(H,25,28). The molecule has 0 aliphatic heterocycles. The van der Waals surface area contributed by atoms with E-state index in [0.29, 0.717) is 19.3 Å². The third kappa shape index (κ3) is 10.3. The van der Waals surface area contributed by atoms with E-state index < -0.39 is 40.7 Å². The fourth-order valence-electron chi connectivity index (χ4n) is 3.05. The van der Waals surface area contributed by atoms with Gasteiger partial charge in [-0.2, -0.15) is 0 Å². The van der Waals surface area contributed by atoms with E-state index in [0.717, 1.165) is 5.56 Å². The van der Waals surface area contributed by atoms with Crippen LogP contribution in [0.25, 0.3) is 0 Å². The number of hydrogen-bond donors (Lipinski definition) is 3. The topological polar surface area (TPSA) is 121 Å². The predicted octanol–water partition coefficient (Wildman–Crippen LogP) is 0.717. The van der Waals surface area contributed by atoms with Crippen molar-refractivity contribution in [1.29, 1.82) is 0 Å². The highest BCUT2D eigenvalue weighted by molar-refractivity contribution is 7.84. The molecule has 3 N–H and O–H groups in total. The van der Waals surface area contributed by atoms with Crippen LogP contribution >= 0.6 is 0 Å². The molecule has 0 heterocycles. The summed E-state index contributed by atoms with van der Waals surface area (Å²) in [7, 11) is -1.12. The SMILES string of the molecule is CC(=O)C(Cc1ccccc1)NC(=O)C(CC(C)C)NC(=O)C(CCS(C)=O)NC=O. The number of nitrogens with one attached hydrogen (secondary N) is 3. The molecule has 0 bridgehead atoms. The lowest BCUT2D eigenvalue weighted by atomic mass is 9.99. The quantitative estimate of drug-likeness (QED) is 0.360. The van der Waals surface area contributed by atoms with Gasteiger partial charge in [-0.1, -0.05) is 44.2 Å². The van der Waals surface area contributed by atoms with E-state index >= 15 is 0 Å². The molecule has 172 valence electrons. The van der Waals surface area contributed by atoms with E-state index in [4.69, 9.17) is 0 Å². The lowest BCUT2D eigenvalue weighted by Gasteiger charge is -2.25. The van der Waals surface area contributed by atoms with Gasteiger partial charge in [0.15, 0.2) is 5.78 Å². The van der Waals surface area contributed by atoms with Crippen molar-refractivity contribution in [2.24, 2.45) is 5.92 Å². The van der Waals surface area contributed by atoms with Gasteiger partial charge in [-0.15, -0.1) is 0 Å². The molecule has 0 radical (unpaired) electrons. The number of benzene rings is 1. The molecule has 31 heavy (non-hydrogen) atoms. The van der Waals surface area contributed by atoms with Gasteiger partial charge in [0.2, 0.25) is 18.2 Å². The minimum absolute atomic E-state index is 0.0987. The molecule has 0 aliphatic rings. The van der Waals surface area contributed by atoms with Crippen LogP contribution in [0.1, 0.15) is 39.2 Å². The summed E-state index contributed by atoms with van der Waals surface area (Å²) >= 11 is 0. The Morgan fingerprint density at radius 3 is 2.10 bits per heavy atom. The summed E-state index contributed by atoms with van der Waals surface area (Å²) < 4.78 is 11.4. The van der Waals surface area contributed by atoms with Crippen molar-refractivity contribution in [3.05, 3.63) is 35.9 Å². The van der Waals surface area contributed by atoms with Crippen molar-refractivity contribution < 1.29 is 23.4 Å². The van der Waals surface area contributed by atoms with E-state index in [2.05, 4.69) is 16.0 Å². The Bertz CT molecular complexity index is 770. The van der Waals surface area contributed by atoms with Gasteiger partial charge in [-0.25, -0.2) is 0 Å². The van der Waals surface area contributed by atoms with E-state index in [1.165, 1.54) is 13.2 Å². The lowest BCUT2D eigenvalue weighted by Crippen LogP contribution is -2.55. The second-order valence-electron chi connectivity index (χ2n) is 7.96. The molecule has 1 aromatic rings. The number of ketones is 1. The van der Waals surface area contributed by atoms with E-state index in [-0.39, 0.29) is 23.9 Å². The Labute approximate surface area is 186 Å². The van der Waals surface area contributed by atoms with Crippen molar-refractivity contribution in [3.63, 3.8) is 0 Å². The van der Waals surface area contributed by atoms with Crippen LogP contribution in [0.5, 0.6) is 0 Å². The van der Waals surface area contributed by atoms with Crippen molar-refractivity contribution in [2.45, 2.75) is 58.2 Å². The number of carbonyl (C=O) groups is 4. The second-order valence-corrected chi connectivity index (χ2v) is 9.51. The maximum absolute atomic E-state index is 12.9. The number of carbonyl (C=O) groups excluding carboxylic acids is 4.